The lowest BCUT2D eigenvalue weighted by atomic mass is 9.84. The quantitative estimate of drug-likeness (QED) is 0.0148. The molecule has 0 bridgehead atoms. The van der Waals surface area contributed by atoms with Crippen LogP contribution in [0.15, 0.2) is 383 Å². The van der Waals surface area contributed by atoms with E-state index in [9.17, 15) is 52.7 Å². The number of hydroxylamine groups is 2. The van der Waals surface area contributed by atoms with Gasteiger partial charge in [0, 0.05) is 102 Å². The van der Waals surface area contributed by atoms with E-state index < -0.39 is 97.1 Å². The van der Waals surface area contributed by atoms with Crippen LogP contribution in [0.4, 0.5) is 4.79 Å². The highest BCUT2D eigenvalue weighted by Gasteiger charge is 2.38. The molecule has 2 aliphatic heterocycles. The first-order valence-electron chi connectivity index (χ1n) is 38.2. The SMILES string of the molecule is C=C.C=C.C=C.C=C.C=C.C=C.C=C.C=C.C=C.C=C.C=C.C=C.C=C.C=C.C=C.C=C.C=C.C=C.C=C.C=C.C=C.C=C.C=C.C=C.COOOOOOOOOOOOOCC(COOOOOOOOOOOOOC)(COC(=O)CCCC(=O)CC(Cc1ccccc1)C(=O)CCC(=O)Cc1ccc(COC(=O)ON2C(=O)CCC2=O)cc1)CC(=O)CCCC(=O)CCN1C(=O)C=CC1=O. The van der Waals surface area contributed by atoms with Gasteiger partial charge in [-0.05, 0) is 147 Å². The van der Waals surface area contributed by atoms with Crippen LogP contribution in [0.25, 0.3) is 0 Å². The second-order valence-corrected chi connectivity index (χ2v) is 18.2. The Morgan fingerprint density at radius 1 is 0.324 bits per heavy atom. The van der Waals surface area contributed by atoms with Gasteiger partial charge in [-0.3, -0.25) is 57.7 Å². The molecule has 2 aliphatic rings. The van der Waals surface area contributed by atoms with Gasteiger partial charge in [0.25, 0.3) is 23.6 Å². The Balaban J connectivity index is -0.000000133. The number of nitrogens with zero attached hydrogens (tertiary/aromatic N) is 2. The monoisotopic (exact) mass is 1990 g/mol. The predicted molar refractivity (Wildman–Crippen MR) is 531 cm³/mol. The summed E-state index contributed by atoms with van der Waals surface area (Å²) in [6.45, 7) is 141. The van der Waals surface area contributed by atoms with Gasteiger partial charge in [0.15, 0.2) is 0 Å². The van der Waals surface area contributed by atoms with E-state index in [4.69, 9.17) is 19.2 Å². The van der Waals surface area contributed by atoms with E-state index in [2.05, 4.69) is 441 Å². The lowest BCUT2D eigenvalue weighted by Crippen LogP contribution is -2.40. The number of amides is 4. The molecule has 0 aliphatic carbocycles. The van der Waals surface area contributed by atoms with Crippen LogP contribution in [0.5, 0.6) is 0 Å². The molecule has 4 rings (SSSR count). The molecular weight excluding hydrogens is 1830 g/mol. The number of carbonyl (C=O) groups is 11. The fraction of sp³-hybridized carbons (Fsp3) is 0.247. The highest BCUT2D eigenvalue weighted by molar-refractivity contribution is 6.13. The summed E-state index contributed by atoms with van der Waals surface area (Å²) in [7, 11) is 2.09. The third-order valence-corrected chi connectivity index (χ3v) is 11.7. The molecule has 0 spiro atoms. The van der Waals surface area contributed by atoms with Crippen molar-refractivity contribution in [3.8, 4) is 0 Å². The molecule has 42 heteroatoms. The number of esters is 1. The van der Waals surface area contributed by atoms with Crippen LogP contribution in [-0.2, 0) is 212 Å². The van der Waals surface area contributed by atoms with Crippen LogP contribution < -0.4 is 0 Å². The average molecular weight is 1990 g/mol. The average Bonchev–Trinajstić information content (AvgIpc) is 1.83. The topological polar surface area (TPSA) is 462 Å². The van der Waals surface area contributed by atoms with Crippen molar-refractivity contribution in [1.82, 2.24) is 9.96 Å². The Bertz CT molecular complexity index is 2900. The van der Waals surface area contributed by atoms with Gasteiger partial charge in [0.05, 0.1) is 32.8 Å². The zero-order chi connectivity index (χ0) is 114. The highest BCUT2D eigenvalue weighted by atomic mass is 18.0. The summed E-state index contributed by atoms with van der Waals surface area (Å²) in [5, 5.41) is 85.6. The van der Waals surface area contributed by atoms with Crippen molar-refractivity contribution in [2.24, 2.45) is 11.3 Å². The van der Waals surface area contributed by atoms with Gasteiger partial charge in [-0.15, -0.1) is 316 Å². The van der Waals surface area contributed by atoms with Gasteiger partial charge in [-0.1, -0.05) is 59.7 Å². The second-order valence-electron chi connectivity index (χ2n) is 18.2. The van der Waals surface area contributed by atoms with Crippen molar-refractivity contribution in [3.63, 3.8) is 0 Å². The van der Waals surface area contributed by atoms with Crippen LogP contribution >= 0.6 is 0 Å². The predicted octanol–water partition coefficient (Wildman–Crippen LogP) is 22.3. The molecule has 2 aromatic rings. The molecule has 0 aromatic heterocycles. The molecule has 0 N–H and O–H groups in total. The molecule has 1 unspecified atom stereocenters. The van der Waals surface area contributed by atoms with Gasteiger partial charge in [-0.25, -0.2) is 24.3 Å². The zero-order valence-electron chi connectivity index (χ0n) is 81.7. The van der Waals surface area contributed by atoms with E-state index in [1.54, 1.807) is 54.6 Å². The number of hydrogen-bond acceptors (Lipinski definition) is 40. The molecule has 42 nitrogen and oxygen atoms in total. The number of ketones is 5. The van der Waals surface area contributed by atoms with Gasteiger partial charge in [0.1, 0.15) is 42.1 Å². The first kappa shape index (κ1) is 178. The van der Waals surface area contributed by atoms with Gasteiger partial charge in [0.2, 0.25) is 0 Å². The normalized spacial score (nSPS) is 9.54. The molecule has 1 fully saturated rings. The van der Waals surface area contributed by atoms with Crippen molar-refractivity contribution in [2.75, 3.05) is 40.6 Å². The van der Waals surface area contributed by atoms with Crippen molar-refractivity contribution in [1.29, 1.82) is 0 Å². The molecule has 2 aromatic carbocycles. The van der Waals surface area contributed by atoms with Gasteiger partial charge < -0.3 is 9.47 Å². The molecule has 1 atom stereocenters. The minimum atomic E-state index is -1.91. The summed E-state index contributed by atoms with van der Waals surface area (Å²) >= 11 is 0. The highest BCUT2D eigenvalue weighted by Crippen LogP contribution is 2.28. The smallest absolute Gasteiger partial charge is 0.465 e. The summed E-state index contributed by atoms with van der Waals surface area (Å²) in [6.07, 6.45) is -1.97. The molecule has 2 heterocycles. The lowest BCUT2D eigenvalue weighted by Gasteiger charge is -2.30. The maximum absolute atomic E-state index is 13.7. The Hall–Kier alpha value is -13.7. The number of rotatable bonds is 56. The maximum atomic E-state index is 13.7. The molecule has 792 valence electrons. The maximum Gasteiger partial charge on any atom is 0.534 e. The fourth-order valence-corrected chi connectivity index (χ4v) is 7.63. The molecule has 4 amide bonds. The van der Waals surface area contributed by atoms with Crippen molar-refractivity contribution < 1.29 is 197 Å². The number of imide groups is 2. The van der Waals surface area contributed by atoms with E-state index in [0.717, 1.165) is 36.8 Å². The minimum Gasteiger partial charge on any atom is -0.465 e. The number of benzene rings is 2. The summed E-state index contributed by atoms with van der Waals surface area (Å²) in [6, 6.07) is 15.2. The van der Waals surface area contributed by atoms with E-state index >= 15 is 0 Å². The summed E-state index contributed by atoms with van der Waals surface area (Å²) in [5.41, 5.74) is -0.0796. The first-order valence-corrected chi connectivity index (χ1v) is 38.2. The fourth-order valence-electron chi connectivity index (χ4n) is 7.63. The van der Waals surface area contributed by atoms with Gasteiger partial charge in [-0.2, -0.15) is 0 Å². The van der Waals surface area contributed by atoms with Crippen molar-refractivity contribution in [3.05, 3.63) is 399 Å². The Morgan fingerprint density at radius 2 is 0.640 bits per heavy atom. The van der Waals surface area contributed by atoms with E-state index in [1.807, 2.05) is 0 Å². The molecule has 0 saturated carbocycles. The van der Waals surface area contributed by atoms with E-state index in [1.165, 1.54) is 0 Å². The van der Waals surface area contributed by atoms with Crippen LogP contribution in [0.1, 0.15) is 100 Å². The number of Topliss-reactive ketones (excluding diaryl/α,β-unsaturated/α-hetero) is 5. The zero-order valence-corrected chi connectivity index (χ0v) is 81.7. The summed E-state index contributed by atoms with van der Waals surface area (Å²) in [5.74, 6) is -6.42. The van der Waals surface area contributed by atoms with Crippen LogP contribution in [0.3, 0.4) is 0 Å². The van der Waals surface area contributed by atoms with Crippen molar-refractivity contribution in [2.45, 2.75) is 103 Å². The van der Waals surface area contributed by atoms with Crippen LogP contribution in [0, 0.1) is 11.3 Å². The van der Waals surface area contributed by atoms with E-state index in [-0.39, 0.29) is 108 Å². The molecule has 139 heavy (non-hydrogen) atoms. The third-order valence-electron chi connectivity index (χ3n) is 11.7. The Kier molecular flexibility index (Phi) is 227. The van der Waals surface area contributed by atoms with Crippen LogP contribution in [-0.4, -0.2) is 115 Å². The Morgan fingerprint density at radius 3 is 0.993 bits per heavy atom. The molecule has 0 radical (unpaired) electrons. The van der Waals surface area contributed by atoms with Crippen LogP contribution in [0.2, 0.25) is 0 Å². The number of ether oxygens (including phenoxy) is 2. The van der Waals surface area contributed by atoms with Crippen molar-refractivity contribution >= 4 is 64.7 Å². The molecule has 1 saturated heterocycles. The lowest BCUT2D eigenvalue weighted by molar-refractivity contribution is -0.870. The second kappa shape index (κ2) is 177. The molecular formula is C97H154N2O40. The number of carbonyl (C=O) groups excluding carboxylic acids is 11. The number of hydrogen-bond donors (Lipinski definition) is 0. The largest absolute Gasteiger partial charge is 0.534 e. The summed E-state index contributed by atoms with van der Waals surface area (Å²) in [4.78, 5) is 163. The first-order chi connectivity index (χ1) is 68.1. The standard InChI is InChI=1S/C49H58N2O40.24C2H4/c1-63-70-74-78-82-86-90-88-84-80-76-72-67-32-49(33-68-73-77-81-85-89-91-87-83-79-75-71-64-2,29-41(55)12-6-10-38(52)24-25-50-43(57)20-21-44(50)58)31-66-47(61)13-7-11-39(53)28-37(26-34-8-4-3-5-9-34)42(56)19-18-40(54)27-35-14-16-36(17-15-35)30-65-48(62)69-51-45(59)22-23-46(51)60;24*1-2/h3-5,8-9,14-17,20-21,37H,6-7,10-13,18-19,22-33H2,1-2H3;24*1-2H2. The summed E-state index contributed by atoms with van der Waals surface area (Å²) < 4.78 is 10.5. The van der Waals surface area contributed by atoms with Gasteiger partial charge >= 0.3 is 12.1 Å². The Labute approximate surface area is 822 Å². The minimum absolute atomic E-state index is 0.0500. The third kappa shape index (κ3) is 128. The van der Waals surface area contributed by atoms with E-state index in [0.29, 0.717) is 16.2 Å².